The van der Waals surface area contributed by atoms with Gasteiger partial charge in [-0.05, 0) is 18.9 Å². The van der Waals surface area contributed by atoms with E-state index < -0.39 is 0 Å². The molecular weight excluding hydrogens is 192 g/mol. The largest absolute Gasteiger partial charge is 0.394 e. The summed E-state index contributed by atoms with van der Waals surface area (Å²) in [5.74, 6) is 0.0816. The van der Waals surface area contributed by atoms with Gasteiger partial charge in [0.1, 0.15) is 0 Å². The monoisotopic (exact) mass is 208 g/mol. The number of benzene rings is 1. The van der Waals surface area contributed by atoms with E-state index in [2.05, 4.69) is 0 Å². The Morgan fingerprint density at radius 3 is 2.47 bits per heavy atom. The number of carbonyl (C=O) groups is 1. The zero-order chi connectivity index (χ0) is 11.1. The van der Waals surface area contributed by atoms with E-state index in [9.17, 15) is 4.79 Å². The van der Waals surface area contributed by atoms with Gasteiger partial charge in [0, 0.05) is 5.56 Å². The van der Waals surface area contributed by atoms with Crippen LogP contribution in [-0.2, 0) is 11.2 Å². The van der Waals surface area contributed by atoms with Crippen LogP contribution in [-0.4, -0.2) is 30.7 Å². The predicted molar refractivity (Wildman–Crippen MR) is 58.1 cm³/mol. The molecule has 82 valence electrons. The summed E-state index contributed by atoms with van der Waals surface area (Å²) in [7, 11) is 0. The van der Waals surface area contributed by atoms with Gasteiger partial charge in [-0.3, -0.25) is 4.79 Å². The summed E-state index contributed by atoms with van der Waals surface area (Å²) in [5, 5.41) is 8.50. The summed E-state index contributed by atoms with van der Waals surface area (Å²) in [6.07, 6.45) is 0.804. The molecule has 0 heterocycles. The van der Waals surface area contributed by atoms with Gasteiger partial charge in [-0.25, -0.2) is 0 Å². The van der Waals surface area contributed by atoms with Crippen LogP contribution < -0.4 is 0 Å². The van der Waals surface area contributed by atoms with Crippen LogP contribution in [0.15, 0.2) is 24.3 Å². The zero-order valence-electron chi connectivity index (χ0n) is 8.90. The molecule has 0 aliphatic carbocycles. The van der Waals surface area contributed by atoms with Crippen LogP contribution in [0.1, 0.15) is 22.8 Å². The summed E-state index contributed by atoms with van der Waals surface area (Å²) in [6.45, 7) is 2.59. The van der Waals surface area contributed by atoms with Crippen LogP contribution >= 0.6 is 0 Å². The number of carbonyl (C=O) groups excluding carboxylic acids is 1. The fraction of sp³-hybridized carbons (Fsp3) is 0.417. The van der Waals surface area contributed by atoms with E-state index in [1.165, 1.54) is 0 Å². The van der Waals surface area contributed by atoms with E-state index in [1.807, 2.05) is 24.3 Å². The molecule has 3 nitrogen and oxygen atoms in total. The molecule has 0 fully saturated rings. The summed E-state index contributed by atoms with van der Waals surface area (Å²) >= 11 is 0. The lowest BCUT2D eigenvalue weighted by atomic mass is 10.1. The third-order valence-electron chi connectivity index (χ3n) is 2.13. The molecule has 0 spiro atoms. The highest BCUT2D eigenvalue weighted by Crippen LogP contribution is 2.05. The van der Waals surface area contributed by atoms with Crippen molar-refractivity contribution in [3.05, 3.63) is 35.4 Å². The molecule has 0 unspecified atom stereocenters. The van der Waals surface area contributed by atoms with Gasteiger partial charge < -0.3 is 9.84 Å². The molecule has 0 aromatic heterocycles. The molecule has 1 rings (SSSR count). The van der Waals surface area contributed by atoms with Crippen molar-refractivity contribution in [1.29, 1.82) is 0 Å². The van der Waals surface area contributed by atoms with Crippen LogP contribution in [0, 0.1) is 0 Å². The van der Waals surface area contributed by atoms with E-state index in [-0.39, 0.29) is 12.4 Å². The molecule has 0 amide bonds. The van der Waals surface area contributed by atoms with Crippen molar-refractivity contribution in [3.8, 4) is 0 Å². The Labute approximate surface area is 89.7 Å². The molecule has 1 aromatic rings. The van der Waals surface area contributed by atoms with Gasteiger partial charge in [0.25, 0.3) is 0 Å². The SMILES string of the molecule is CC(=O)c1ccc(CCOCCO)cc1. The normalized spacial score (nSPS) is 10.3. The van der Waals surface area contributed by atoms with E-state index >= 15 is 0 Å². The molecule has 3 heteroatoms. The molecule has 0 atom stereocenters. The first-order valence-electron chi connectivity index (χ1n) is 5.02. The van der Waals surface area contributed by atoms with Crippen LogP contribution in [0.4, 0.5) is 0 Å². The first-order valence-corrected chi connectivity index (χ1v) is 5.02. The van der Waals surface area contributed by atoms with E-state index in [0.29, 0.717) is 13.2 Å². The molecule has 0 saturated heterocycles. The van der Waals surface area contributed by atoms with Crippen LogP contribution in [0.3, 0.4) is 0 Å². The van der Waals surface area contributed by atoms with Gasteiger partial charge >= 0.3 is 0 Å². The number of ketones is 1. The maximum absolute atomic E-state index is 11.0. The third-order valence-corrected chi connectivity index (χ3v) is 2.13. The van der Waals surface area contributed by atoms with E-state index in [0.717, 1.165) is 17.5 Å². The van der Waals surface area contributed by atoms with Gasteiger partial charge in [0.2, 0.25) is 0 Å². The van der Waals surface area contributed by atoms with Crippen molar-refractivity contribution in [3.63, 3.8) is 0 Å². The van der Waals surface area contributed by atoms with Crippen molar-refractivity contribution in [1.82, 2.24) is 0 Å². The van der Waals surface area contributed by atoms with E-state index in [4.69, 9.17) is 9.84 Å². The molecule has 0 saturated carbocycles. The fourth-order valence-corrected chi connectivity index (χ4v) is 1.26. The Morgan fingerprint density at radius 2 is 1.93 bits per heavy atom. The Bertz CT molecular complexity index is 303. The first-order chi connectivity index (χ1) is 7.24. The Morgan fingerprint density at radius 1 is 1.27 bits per heavy atom. The Balaban J connectivity index is 2.39. The number of aliphatic hydroxyl groups excluding tert-OH is 1. The summed E-state index contributed by atoms with van der Waals surface area (Å²) < 4.78 is 5.15. The van der Waals surface area contributed by atoms with Crippen molar-refractivity contribution in [2.24, 2.45) is 0 Å². The maximum atomic E-state index is 11.0. The van der Waals surface area contributed by atoms with Crippen molar-refractivity contribution in [2.75, 3.05) is 19.8 Å². The molecule has 1 aromatic carbocycles. The van der Waals surface area contributed by atoms with Crippen molar-refractivity contribution >= 4 is 5.78 Å². The first kappa shape index (κ1) is 11.9. The fourth-order valence-electron chi connectivity index (χ4n) is 1.26. The third kappa shape index (κ3) is 4.23. The average molecular weight is 208 g/mol. The number of Topliss-reactive ketones (excluding diaryl/α,β-unsaturated/α-hetero) is 1. The standard InChI is InChI=1S/C12H16O3/c1-10(14)12-4-2-11(3-5-12)6-8-15-9-7-13/h2-5,13H,6-9H2,1H3. The predicted octanol–water partition coefficient (Wildman–Crippen LogP) is 1.44. The Kier molecular flexibility index (Phi) is 5.01. The number of aliphatic hydroxyl groups is 1. The number of ether oxygens (including phenoxy) is 1. The lowest BCUT2D eigenvalue weighted by molar-refractivity contribution is 0.0944. The van der Waals surface area contributed by atoms with Gasteiger partial charge in [-0.2, -0.15) is 0 Å². The summed E-state index contributed by atoms with van der Waals surface area (Å²) in [6, 6.07) is 7.51. The molecular formula is C12H16O3. The quantitative estimate of drug-likeness (QED) is 0.568. The number of rotatable bonds is 6. The second kappa shape index (κ2) is 6.32. The number of hydrogen-bond acceptors (Lipinski definition) is 3. The molecule has 0 radical (unpaired) electrons. The second-order valence-corrected chi connectivity index (χ2v) is 3.34. The maximum Gasteiger partial charge on any atom is 0.159 e. The van der Waals surface area contributed by atoms with Crippen LogP contribution in [0.5, 0.6) is 0 Å². The molecule has 0 bridgehead atoms. The minimum Gasteiger partial charge on any atom is -0.394 e. The minimum atomic E-state index is 0.0588. The molecule has 15 heavy (non-hydrogen) atoms. The van der Waals surface area contributed by atoms with Crippen LogP contribution in [0.2, 0.25) is 0 Å². The molecule has 0 aliphatic heterocycles. The highest BCUT2D eigenvalue weighted by molar-refractivity contribution is 5.93. The minimum absolute atomic E-state index is 0.0588. The highest BCUT2D eigenvalue weighted by Gasteiger charge is 1.98. The van der Waals surface area contributed by atoms with Gasteiger partial charge in [-0.15, -0.1) is 0 Å². The smallest absolute Gasteiger partial charge is 0.159 e. The zero-order valence-corrected chi connectivity index (χ0v) is 8.90. The molecule has 0 aliphatic rings. The van der Waals surface area contributed by atoms with E-state index in [1.54, 1.807) is 6.92 Å². The summed E-state index contributed by atoms with van der Waals surface area (Å²) in [5.41, 5.74) is 1.87. The summed E-state index contributed by atoms with van der Waals surface area (Å²) in [4.78, 5) is 11.0. The topological polar surface area (TPSA) is 46.5 Å². The van der Waals surface area contributed by atoms with Gasteiger partial charge in [-0.1, -0.05) is 24.3 Å². The second-order valence-electron chi connectivity index (χ2n) is 3.34. The lowest BCUT2D eigenvalue weighted by Gasteiger charge is -2.03. The highest BCUT2D eigenvalue weighted by atomic mass is 16.5. The van der Waals surface area contributed by atoms with Gasteiger partial charge in [0.15, 0.2) is 5.78 Å². The van der Waals surface area contributed by atoms with Crippen molar-refractivity contribution < 1.29 is 14.6 Å². The van der Waals surface area contributed by atoms with Crippen LogP contribution in [0.25, 0.3) is 0 Å². The lowest BCUT2D eigenvalue weighted by Crippen LogP contribution is -2.03. The Hall–Kier alpha value is -1.19. The van der Waals surface area contributed by atoms with Crippen molar-refractivity contribution in [2.45, 2.75) is 13.3 Å². The number of hydrogen-bond donors (Lipinski definition) is 1. The van der Waals surface area contributed by atoms with Gasteiger partial charge in [0.05, 0.1) is 19.8 Å². The average Bonchev–Trinajstić information content (AvgIpc) is 2.25. The molecule has 1 N–H and O–H groups in total.